The van der Waals surface area contributed by atoms with Crippen LogP contribution in [0.3, 0.4) is 0 Å². The van der Waals surface area contributed by atoms with Gasteiger partial charge < -0.3 is 5.32 Å². The van der Waals surface area contributed by atoms with E-state index in [0.717, 1.165) is 17.0 Å². The number of H-pyrrole nitrogens is 1. The Morgan fingerprint density at radius 1 is 1.06 bits per heavy atom. The highest BCUT2D eigenvalue weighted by Crippen LogP contribution is 2.38. The molecule has 1 heterocycles. The summed E-state index contributed by atoms with van der Waals surface area (Å²) in [5.41, 5.74) is 2.52. The van der Waals surface area contributed by atoms with Crippen molar-refractivity contribution in [2.45, 2.75) is 50.3 Å². The summed E-state index contributed by atoms with van der Waals surface area (Å²) in [5.74, 6) is 2.03. The topological polar surface area (TPSA) is 108 Å². The van der Waals surface area contributed by atoms with E-state index in [0.29, 0.717) is 43.4 Å². The minimum atomic E-state index is -3.47. The average molecular weight is 468 g/mol. The molecule has 3 aromatic rings. The molecule has 1 amide bonds. The largest absolute Gasteiger partial charge is 0.326 e. The number of rotatable bonds is 10. The van der Waals surface area contributed by atoms with Crippen LogP contribution in [0.25, 0.3) is 11.4 Å². The number of anilines is 1. The van der Waals surface area contributed by atoms with E-state index in [1.165, 1.54) is 17.1 Å². The molecule has 0 bridgehead atoms. The maximum atomic E-state index is 12.6. The molecule has 1 aliphatic carbocycles. The van der Waals surface area contributed by atoms with E-state index in [1.54, 1.807) is 24.3 Å². The average Bonchev–Trinajstić information content (AvgIpc) is 3.56. The zero-order valence-electron chi connectivity index (χ0n) is 18.9. The van der Waals surface area contributed by atoms with Crippen LogP contribution in [0, 0.1) is 0 Å². The lowest BCUT2D eigenvalue weighted by molar-refractivity contribution is -0.116. The zero-order chi connectivity index (χ0) is 23.4. The number of carbonyl (C=O) groups excluding carboxylic acids is 1. The molecule has 0 spiro atoms. The molecule has 0 saturated heterocycles. The molecule has 9 heteroatoms. The van der Waals surface area contributed by atoms with Gasteiger partial charge in [0.25, 0.3) is 0 Å². The molecule has 174 valence electrons. The van der Waals surface area contributed by atoms with Gasteiger partial charge in [0.1, 0.15) is 5.82 Å². The third-order valence-electron chi connectivity index (χ3n) is 5.80. The van der Waals surface area contributed by atoms with Crippen LogP contribution in [-0.2, 0) is 21.2 Å². The summed E-state index contributed by atoms with van der Waals surface area (Å²) in [7, 11) is -3.47. The van der Waals surface area contributed by atoms with Crippen molar-refractivity contribution in [3.63, 3.8) is 0 Å². The molecule has 8 nitrogen and oxygen atoms in total. The van der Waals surface area contributed by atoms with E-state index in [1.807, 2.05) is 38.1 Å². The number of amides is 1. The van der Waals surface area contributed by atoms with E-state index in [2.05, 4.69) is 20.5 Å². The van der Waals surface area contributed by atoms with Gasteiger partial charge in [0.15, 0.2) is 5.82 Å². The predicted molar refractivity (Wildman–Crippen MR) is 127 cm³/mol. The lowest BCUT2D eigenvalue weighted by Crippen LogP contribution is -2.30. The Bertz CT molecular complexity index is 1200. The molecule has 4 rings (SSSR count). The lowest BCUT2D eigenvalue weighted by Gasteiger charge is -2.18. The Morgan fingerprint density at radius 2 is 1.73 bits per heavy atom. The summed E-state index contributed by atoms with van der Waals surface area (Å²) in [6.45, 7) is 4.50. The molecule has 1 aliphatic rings. The van der Waals surface area contributed by atoms with Crippen LogP contribution in [0.2, 0.25) is 0 Å². The number of sulfonamides is 1. The van der Waals surface area contributed by atoms with Gasteiger partial charge in [-0.05, 0) is 61.2 Å². The Balaban J connectivity index is 1.30. The van der Waals surface area contributed by atoms with Crippen molar-refractivity contribution in [2.24, 2.45) is 0 Å². The van der Waals surface area contributed by atoms with Crippen LogP contribution in [-0.4, -0.2) is 46.9 Å². The number of nitrogens with one attached hydrogen (secondary N) is 2. The third kappa shape index (κ3) is 5.48. The summed E-state index contributed by atoms with van der Waals surface area (Å²) in [4.78, 5) is 17.2. The minimum Gasteiger partial charge on any atom is -0.326 e. The van der Waals surface area contributed by atoms with Gasteiger partial charge in [0.2, 0.25) is 15.9 Å². The molecule has 2 aromatic carbocycles. The molecule has 0 aliphatic heterocycles. The Kier molecular flexibility index (Phi) is 6.90. The van der Waals surface area contributed by atoms with Crippen molar-refractivity contribution >= 4 is 21.6 Å². The van der Waals surface area contributed by atoms with Crippen LogP contribution in [0.1, 0.15) is 50.4 Å². The lowest BCUT2D eigenvalue weighted by atomic mass is 10.1. The van der Waals surface area contributed by atoms with Crippen molar-refractivity contribution < 1.29 is 13.2 Å². The number of aromatic amines is 1. The summed E-state index contributed by atoms with van der Waals surface area (Å²) < 4.78 is 26.6. The van der Waals surface area contributed by atoms with Gasteiger partial charge in [-0.3, -0.25) is 9.89 Å². The minimum absolute atomic E-state index is 0.100. The van der Waals surface area contributed by atoms with Crippen LogP contribution in [0.4, 0.5) is 5.69 Å². The standard InChI is InChI=1S/C24H29N5O3S/c1-3-29(4-2)33(31,32)21-14-5-17(6-15-21)7-16-22(30)25-20-12-10-19(11-13-20)24-26-23(27-28-24)18-8-9-18/h5-6,10-15,18H,3-4,7-9,16H2,1-2H3,(H,25,30)(H,26,27,28). The number of aromatic nitrogens is 3. The van der Waals surface area contributed by atoms with Crippen LogP contribution in [0.15, 0.2) is 53.4 Å². The predicted octanol–water partition coefficient (Wildman–Crippen LogP) is 3.95. The molecule has 0 unspecified atom stereocenters. The normalized spacial score (nSPS) is 13.9. The number of hydrogen-bond acceptors (Lipinski definition) is 5. The van der Waals surface area contributed by atoms with Crippen LogP contribution < -0.4 is 5.32 Å². The molecule has 1 saturated carbocycles. The number of carbonyl (C=O) groups is 1. The molecule has 0 radical (unpaired) electrons. The van der Waals surface area contributed by atoms with Crippen LogP contribution >= 0.6 is 0 Å². The molecule has 33 heavy (non-hydrogen) atoms. The molecule has 1 aromatic heterocycles. The summed E-state index contributed by atoms with van der Waals surface area (Å²) in [6.07, 6.45) is 3.16. The zero-order valence-corrected chi connectivity index (χ0v) is 19.7. The SMILES string of the molecule is CCN(CC)S(=O)(=O)c1ccc(CCC(=O)Nc2ccc(-c3n[nH]c(C4CC4)n3)cc2)cc1. The highest BCUT2D eigenvalue weighted by atomic mass is 32.2. The smallest absolute Gasteiger partial charge is 0.243 e. The molecular weight excluding hydrogens is 438 g/mol. The number of aryl methyl sites for hydroxylation is 1. The second-order valence-corrected chi connectivity index (χ2v) is 10.1. The summed E-state index contributed by atoms with van der Waals surface area (Å²) in [6, 6.07) is 14.2. The molecular formula is C24H29N5O3S. The first kappa shape index (κ1) is 23.1. The quantitative estimate of drug-likeness (QED) is 0.469. The van der Waals surface area contributed by atoms with Crippen molar-refractivity contribution in [3.05, 3.63) is 59.9 Å². The Morgan fingerprint density at radius 3 is 2.33 bits per heavy atom. The van der Waals surface area contributed by atoms with Crippen molar-refractivity contribution in [2.75, 3.05) is 18.4 Å². The highest BCUT2D eigenvalue weighted by molar-refractivity contribution is 7.89. The van der Waals surface area contributed by atoms with Crippen LogP contribution in [0.5, 0.6) is 0 Å². The first-order valence-corrected chi connectivity index (χ1v) is 12.8. The molecule has 1 fully saturated rings. The maximum absolute atomic E-state index is 12.6. The third-order valence-corrected chi connectivity index (χ3v) is 7.87. The molecule has 0 atom stereocenters. The second kappa shape index (κ2) is 9.84. The van der Waals surface area contributed by atoms with E-state index in [4.69, 9.17) is 0 Å². The van der Waals surface area contributed by atoms with E-state index >= 15 is 0 Å². The number of hydrogen-bond donors (Lipinski definition) is 2. The van der Waals surface area contributed by atoms with Crippen molar-refractivity contribution in [3.8, 4) is 11.4 Å². The van der Waals surface area contributed by atoms with Gasteiger partial charge in [-0.25, -0.2) is 13.4 Å². The highest BCUT2D eigenvalue weighted by Gasteiger charge is 2.27. The first-order valence-electron chi connectivity index (χ1n) is 11.3. The fourth-order valence-corrected chi connectivity index (χ4v) is 5.13. The van der Waals surface area contributed by atoms with Crippen molar-refractivity contribution in [1.82, 2.24) is 19.5 Å². The fourth-order valence-electron chi connectivity index (χ4n) is 3.67. The second-order valence-electron chi connectivity index (χ2n) is 8.18. The van der Waals surface area contributed by atoms with Gasteiger partial charge in [-0.1, -0.05) is 26.0 Å². The van der Waals surface area contributed by atoms with Gasteiger partial charge in [-0.2, -0.15) is 9.40 Å². The number of nitrogens with zero attached hydrogens (tertiary/aromatic N) is 3. The van der Waals surface area contributed by atoms with Gasteiger partial charge in [-0.15, -0.1) is 0 Å². The number of benzene rings is 2. The van der Waals surface area contributed by atoms with E-state index in [-0.39, 0.29) is 10.8 Å². The maximum Gasteiger partial charge on any atom is 0.243 e. The molecule has 2 N–H and O–H groups in total. The van der Waals surface area contributed by atoms with Gasteiger partial charge >= 0.3 is 0 Å². The van der Waals surface area contributed by atoms with Gasteiger partial charge in [0.05, 0.1) is 4.90 Å². The fraction of sp³-hybridized carbons (Fsp3) is 0.375. The van der Waals surface area contributed by atoms with Crippen molar-refractivity contribution in [1.29, 1.82) is 0 Å². The van der Waals surface area contributed by atoms with E-state index < -0.39 is 10.0 Å². The Hall–Kier alpha value is -3.04. The summed E-state index contributed by atoms with van der Waals surface area (Å²) in [5, 5.41) is 10.2. The van der Waals surface area contributed by atoms with E-state index in [9.17, 15) is 13.2 Å². The monoisotopic (exact) mass is 467 g/mol. The van der Waals surface area contributed by atoms with Gasteiger partial charge in [0, 0.05) is 36.7 Å². The Labute approximate surface area is 194 Å². The summed E-state index contributed by atoms with van der Waals surface area (Å²) >= 11 is 0. The first-order chi connectivity index (χ1) is 15.9.